The van der Waals surface area contributed by atoms with E-state index in [-0.39, 0.29) is 0 Å². The quantitative estimate of drug-likeness (QED) is 0.665. The molecule has 82 valence electrons. The van der Waals surface area contributed by atoms with Crippen LogP contribution < -0.4 is 8.62 Å². The van der Waals surface area contributed by atoms with E-state index in [2.05, 4.69) is 16.5 Å². The van der Waals surface area contributed by atoms with Crippen molar-refractivity contribution in [3.8, 4) is 11.5 Å². The SMILES string of the molecule is [Al][N]1c2cc(Cl)ccc2Oc2ccc(Cl)cc21. The first-order valence-electron chi connectivity index (χ1n) is 4.97. The minimum atomic E-state index is 0.672. The molecular weight excluding hydrogens is 272 g/mol. The lowest BCUT2D eigenvalue weighted by atomic mass is 10.2. The molecule has 1 aliphatic heterocycles. The van der Waals surface area contributed by atoms with E-state index in [4.69, 9.17) is 27.9 Å². The first-order valence-corrected chi connectivity index (χ1v) is 6.24. The van der Waals surface area contributed by atoms with E-state index in [0.29, 0.717) is 10.0 Å². The fourth-order valence-corrected chi connectivity index (χ4v) is 2.51. The monoisotopic (exact) mass is 277 g/mol. The lowest BCUT2D eigenvalue weighted by Gasteiger charge is -2.31. The van der Waals surface area contributed by atoms with Crippen LogP contribution in [0.25, 0.3) is 0 Å². The van der Waals surface area contributed by atoms with E-state index in [1.807, 2.05) is 28.1 Å². The van der Waals surface area contributed by atoms with Crippen molar-refractivity contribution in [1.29, 1.82) is 0 Å². The third kappa shape index (κ3) is 1.90. The van der Waals surface area contributed by atoms with Gasteiger partial charge < -0.3 is 8.62 Å². The highest BCUT2D eigenvalue weighted by atomic mass is 35.5. The Balaban J connectivity index is 2.18. The van der Waals surface area contributed by atoms with Crippen molar-refractivity contribution in [2.45, 2.75) is 0 Å². The second-order valence-corrected chi connectivity index (χ2v) is 5.09. The minimum Gasteiger partial charge on any atom is -0.453 e. The fraction of sp³-hybridized carbons (Fsp3) is 0. The molecule has 0 saturated carbocycles. The third-order valence-electron chi connectivity index (χ3n) is 2.58. The molecule has 2 nitrogen and oxygen atoms in total. The molecule has 0 bridgehead atoms. The fourth-order valence-electron chi connectivity index (χ4n) is 1.78. The molecule has 5 heteroatoms. The molecule has 2 radical (unpaired) electrons. The van der Waals surface area contributed by atoms with Crippen molar-refractivity contribution < 1.29 is 4.74 Å². The lowest BCUT2D eigenvalue weighted by Crippen LogP contribution is -2.17. The van der Waals surface area contributed by atoms with Gasteiger partial charge in [-0.2, -0.15) is 0 Å². The van der Waals surface area contributed by atoms with Crippen molar-refractivity contribution in [3.05, 3.63) is 46.4 Å². The van der Waals surface area contributed by atoms with Crippen LogP contribution in [0.2, 0.25) is 10.0 Å². The largest absolute Gasteiger partial charge is 0.453 e. The minimum absolute atomic E-state index is 0.672. The number of rotatable bonds is 0. The van der Waals surface area contributed by atoms with Crippen LogP contribution >= 0.6 is 23.2 Å². The Bertz CT molecular complexity index is 552. The number of nitrogens with zero attached hydrogens (tertiary/aromatic N) is 1. The van der Waals surface area contributed by atoms with Gasteiger partial charge in [-0.15, -0.1) is 0 Å². The smallest absolute Gasteiger partial charge is 0.318 e. The molecule has 0 N–H and O–H groups in total. The molecule has 17 heavy (non-hydrogen) atoms. The van der Waals surface area contributed by atoms with Gasteiger partial charge in [0.2, 0.25) is 0 Å². The third-order valence-corrected chi connectivity index (χ3v) is 3.61. The number of fused-ring (bicyclic) bond motifs is 2. The molecule has 0 amide bonds. The maximum Gasteiger partial charge on any atom is 0.318 e. The highest BCUT2D eigenvalue weighted by Crippen LogP contribution is 2.46. The summed E-state index contributed by atoms with van der Waals surface area (Å²) in [6.07, 6.45) is 0. The Hall–Kier alpha value is -0.848. The number of hydrogen-bond acceptors (Lipinski definition) is 2. The van der Waals surface area contributed by atoms with Crippen molar-refractivity contribution in [1.82, 2.24) is 0 Å². The Morgan fingerprint density at radius 1 is 0.882 bits per heavy atom. The van der Waals surface area contributed by atoms with E-state index in [0.717, 1.165) is 22.9 Å². The van der Waals surface area contributed by atoms with Crippen LogP contribution in [0.4, 0.5) is 11.4 Å². The highest BCUT2D eigenvalue weighted by molar-refractivity contribution is 6.32. The molecule has 2 aromatic rings. The number of hydrogen-bond donors (Lipinski definition) is 0. The highest BCUT2D eigenvalue weighted by Gasteiger charge is 2.20. The lowest BCUT2D eigenvalue weighted by molar-refractivity contribution is 0.478. The molecule has 0 unspecified atom stereocenters. The number of ether oxygens (including phenoxy) is 1. The average Bonchev–Trinajstić information content (AvgIpc) is 2.32. The predicted octanol–water partition coefficient (Wildman–Crippen LogP) is 4.32. The van der Waals surface area contributed by atoms with Crippen LogP contribution in [0.15, 0.2) is 36.4 Å². The van der Waals surface area contributed by atoms with Gasteiger partial charge in [0, 0.05) is 10.0 Å². The Labute approximate surface area is 117 Å². The predicted molar refractivity (Wildman–Crippen MR) is 70.9 cm³/mol. The summed E-state index contributed by atoms with van der Waals surface area (Å²) in [5.41, 5.74) is 1.80. The van der Waals surface area contributed by atoms with Crippen molar-refractivity contribution in [2.75, 3.05) is 3.88 Å². The van der Waals surface area contributed by atoms with Crippen LogP contribution in [-0.2, 0) is 0 Å². The maximum atomic E-state index is 5.98. The Kier molecular flexibility index (Phi) is 2.73. The first-order chi connectivity index (χ1) is 8.15. The second-order valence-electron chi connectivity index (χ2n) is 3.70. The molecule has 0 spiro atoms. The summed E-state index contributed by atoms with van der Waals surface area (Å²) in [7, 11) is 0. The van der Waals surface area contributed by atoms with Gasteiger partial charge in [-0.3, -0.25) is 0 Å². The summed E-state index contributed by atoms with van der Waals surface area (Å²) in [6.45, 7) is 0. The topological polar surface area (TPSA) is 12.5 Å². The van der Waals surface area contributed by atoms with Gasteiger partial charge in [0.1, 0.15) is 11.5 Å². The van der Waals surface area contributed by atoms with Crippen LogP contribution in [0.1, 0.15) is 0 Å². The second kappa shape index (κ2) is 4.12. The number of halogens is 2. The van der Waals surface area contributed by atoms with Crippen molar-refractivity contribution in [3.63, 3.8) is 0 Å². The normalized spacial score (nSPS) is 12.7. The maximum absolute atomic E-state index is 5.98. The number of anilines is 2. The van der Waals surface area contributed by atoms with E-state index in [9.17, 15) is 0 Å². The number of benzene rings is 2. The van der Waals surface area contributed by atoms with Crippen LogP contribution in [0.5, 0.6) is 11.5 Å². The van der Waals surface area contributed by atoms with Gasteiger partial charge >= 0.3 is 16.5 Å². The summed E-state index contributed by atoms with van der Waals surface area (Å²) in [5, 5.41) is 1.34. The molecule has 2 aromatic carbocycles. The molecule has 0 aromatic heterocycles. The molecule has 0 saturated heterocycles. The van der Waals surface area contributed by atoms with E-state index < -0.39 is 0 Å². The molecule has 3 rings (SSSR count). The van der Waals surface area contributed by atoms with Gasteiger partial charge in [0.15, 0.2) is 0 Å². The summed E-state index contributed by atoms with van der Waals surface area (Å²) < 4.78 is 7.72. The van der Waals surface area contributed by atoms with E-state index >= 15 is 0 Å². The van der Waals surface area contributed by atoms with Crippen LogP contribution in [0.3, 0.4) is 0 Å². The summed E-state index contributed by atoms with van der Waals surface area (Å²) in [5.74, 6) is 1.55. The standard InChI is InChI=1S/C12H6Cl2NO.Al/c13-7-1-3-11-9(5-7)15-10-6-8(14)2-4-12(10)16-11;/h1-6H;/q-1;+1. The van der Waals surface area contributed by atoms with Crippen LogP contribution in [-0.4, -0.2) is 16.5 Å². The molecule has 1 aliphatic rings. The Morgan fingerprint density at radius 2 is 1.35 bits per heavy atom. The first kappa shape index (κ1) is 11.3. The molecule has 1 heterocycles. The van der Waals surface area contributed by atoms with Gasteiger partial charge in [0.25, 0.3) is 0 Å². The van der Waals surface area contributed by atoms with Crippen molar-refractivity contribution >= 4 is 51.1 Å². The summed E-state index contributed by atoms with van der Waals surface area (Å²) in [6, 6.07) is 11.0. The zero-order chi connectivity index (χ0) is 12.0. The van der Waals surface area contributed by atoms with Crippen LogP contribution in [0, 0.1) is 0 Å². The molecule has 0 aliphatic carbocycles. The summed E-state index contributed by atoms with van der Waals surface area (Å²) >= 11 is 14.6. The van der Waals surface area contributed by atoms with Gasteiger partial charge in [0.05, 0.1) is 11.4 Å². The van der Waals surface area contributed by atoms with Gasteiger partial charge in [-0.05, 0) is 36.4 Å². The molecule has 0 atom stereocenters. The van der Waals surface area contributed by atoms with Crippen molar-refractivity contribution in [2.24, 2.45) is 0 Å². The average molecular weight is 278 g/mol. The zero-order valence-corrected chi connectivity index (χ0v) is 11.3. The van der Waals surface area contributed by atoms with Gasteiger partial charge in [-0.1, -0.05) is 23.2 Å². The van der Waals surface area contributed by atoms with E-state index in [1.165, 1.54) is 0 Å². The van der Waals surface area contributed by atoms with Gasteiger partial charge in [-0.25, -0.2) is 0 Å². The zero-order valence-electron chi connectivity index (χ0n) is 8.65. The molecular formula is C12H6AlCl2NO. The summed E-state index contributed by atoms with van der Waals surface area (Å²) in [4.78, 5) is 0. The van der Waals surface area contributed by atoms with E-state index in [1.54, 1.807) is 12.1 Å². The Morgan fingerprint density at radius 3 is 1.82 bits per heavy atom. The molecule has 0 fully saturated rings.